The van der Waals surface area contributed by atoms with Crippen LogP contribution >= 0.6 is 0 Å². The number of halogens is 1. The van der Waals surface area contributed by atoms with E-state index in [1.807, 2.05) is 7.05 Å². The molecule has 0 aliphatic carbocycles. The summed E-state index contributed by atoms with van der Waals surface area (Å²) in [6.07, 6.45) is 6.09. The molecule has 0 saturated heterocycles. The molecule has 0 aliphatic rings. The first-order valence-corrected chi connectivity index (χ1v) is 4.49. The SMILES string of the molecule is C[n+]1ccn(-c2ccc([N+](=O)[O-])c[n+]2[O-])c1.[Cl-]. The number of rotatable bonds is 2. The highest BCUT2D eigenvalue weighted by molar-refractivity contribution is 5.28. The number of hydrogen-bond donors (Lipinski definition) is 0. The van der Waals surface area contributed by atoms with Crippen molar-refractivity contribution in [1.29, 1.82) is 0 Å². The number of aromatic nitrogens is 3. The van der Waals surface area contributed by atoms with E-state index < -0.39 is 4.92 Å². The first kappa shape index (κ1) is 12.9. The molecular formula is C9H9ClN4O3. The van der Waals surface area contributed by atoms with Gasteiger partial charge >= 0.3 is 5.69 Å². The Morgan fingerprint density at radius 1 is 1.41 bits per heavy atom. The van der Waals surface area contributed by atoms with Crippen LogP contribution in [0.25, 0.3) is 5.82 Å². The molecule has 8 heteroatoms. The maximum Gasteiger partial charge on any atom is 0.308 e. The molecule has 7 nitrogen and oxygen atoms in total. The molecule has 0 atom stereocenters. The van der Waals surface area contributed by atoms with E-state index in [0.29, 0.717) is 10.5 Å². The molecule has 0 radical (unpaired) electrons. The van der Waals surface area contributed by atoms with E-state index in [4.69, 9.17) is 0 Å². The summed E-state index contributed by atoms with van der Waals surface area (Å²) in [5.41, 5.74) is -0.227. The van der Waals surface area contributed by atoms with Gasteiger partial charge in [0.15, 0.2) is 6.20 Å². The second kappa shape index (κ2) is 4.79. The number of hydrogen-bond acceptors (Lipinski definition) is 3. The largest absolute Gasteiger partial charge is 1.00 e. The molecule has 90 valence electrons. The lowest BCUT2D eigenvalue weighted by atomic mass is 10.4. The van der Waals surface area contributed by atoms with E-state index in [2.05, 4.69) is 0 Å². The molecule has 0 spiro atoms. The summed E-state index contributed by atoms with van der Waals surface area (Å²) in [6.45, 7) is 0. The fraction of sp³-hybridized carbons (Fsp3) is 0.111. The van der Waals surface area contributed by atoms with Crippen LogP contribution in [-0.2, 0) is 7.05 Å². The normalized spacial score (nSPS) is 9.71. The zero-order chi connectivity index (χ0) is 11.7. The fourth-order valence-electron chi connectivity index (χ4n) is 1.36. The molecule has 2 rings (SSSR count). The minimum absolute atomic E-state index is 0. The van der Waals surface area contributed by atoms with Gasteiger partial charge in [-0.2, -0.15) is 4.57 Å². The van der Waals surface area contributed by atoms with E-state index in [0.717, 1.165) is 6.20 Å². The summed E-state index contributed by atoms with van der Waals surface area (Å²) >= 11 is 0. The first-order valence-electron chi connectivity index (χ1n) is 4.49. The van der Waals surface area contributed by atoms with Crippen LogP contribution in [0.3, 0.4) is 0 Å². The average molecular weight is 257 g/mol. The second-order valence-corrected chi connectivity index (χ2v) is 3.31. The van der Waals surface area contributed by atoms with Crippen molar-refractivity contribution in [3.63, 3.8) is 0 Å². The molecule has 2 aromatic heterocycles. The monoisotopic (exact) mass is 256 g/mol. The molecule has 0 aliphatic heterocycles. The molecule has 0 bridgehead atoms. The van der Waals surface area contributed by atoms with Crippen LogP contribution in [-0.4, -0.2) is 9.49 Å². The van der Waals surface area contributed by atoms with Gasteiger partial charge in [0.2, 0.25) is 0 Å². The zero-order valence-corrected chi connectivity index (χ0v) is 9.61. The van der Waals surface area contributed by atoms with Crippen LogP contribution in [0, 0.1) is 15.3 Å². The van der Waals surface area contributed by atoms with Gasteiger partial charge in [0.1, 0.15) is 12.4 Å². The van der Waals surface area contributed by atoms with Gasteiger partial charge in [-0.25, -0.2) is 9.30 Å². The van der Waals surface area contributed by atoms with Crippen molar-refractivity contribution in [2.75, 3.05) is 0 Å². The number of imidazole rings is 1. The van der Waals surface area contributed by atoms with Gasteiger partial charge in [-0.3, -0.25) is 10.1 Å². The average Bonchev–Trinajstić information content (AvgIpc) is 2.64. The van der Waals surface area contributed by atoms with Crippen LogP contribution in [0.4, 0.5) is 5.69 Å². The van der Waals surface area contributed by atoms with Crippen molar-refractivity contribution in [3.8, 4) is 5.82 Å². The lowest BCUT2D eigenvalue weighted by Crippen LogP contribution is -3.00. The smallest absolute Gasteiger partial charge is 0.308 e. The van der Waals surface area contributed by atoms with Crippen molar-refractivity contribution in [1.82, 2.24) is 4.57 Å². The Morgan fingerprint density at radius 2 is 2.12 bits per heavy atom. The standard InChI is InChI=1S/C9H9N4O3.ClH/c1-10-4-5-11(7-10)9-3-2-8(13(15)16)6-12(9)14;/h2-7H,1H3;1H/q+1;/p-1. The molecule has 0 aromatic carbocycles. The lowest BCUT2D eigenvalue weighted by Gasteiger charge is -2.05. The summed E-state index contributed by atoms with van der Waals surface area (Å²) in [7, 11) is 1.82. The maximum atomic E-state index is 11.5. The van der Waals surface area contributed by atoms with Crippen LogP contribution in [0.2, 0.25) is 0 Å². The molecule has 0 unspecified atom stereocenters. The third kappa shape index (κ3) is 2.51. The highest BCUT2D eigenvalue weighted by Crippen LogP contribution is 2.09. The Bertz CT molecular complexity index is 555. The number of nitro groups is 1. The lowest BCUT2D eigenvalue weighted by molar-refractivity contribution is -0.671. The molecule has 2 aromatic rings. The predicted octanol–water partition coefficient (Wildman–Crippen LogP) is -3.15. The topological polar surface area (TPSA) is 78.9 Å². The van der Waals surface area contributed by atoms with Gasteiger partial charge in [-0.1, -0.05) is 0 Å². The van der Waals surface area contributed by atoms with Crippen molar-refractivity contribution < 1.29 is 26.6 Å². The summed E-state index contributed by atoms with van der Waals surface area (Å²) in [5.74, 6) is 0.311. The summed E-state index contributed by atoms with van der Waals surface area (Å²) in [6, 6.07) is 2.70. The van der Waals surface area contributed by atoms with Crippen molar-refractivity contribution >= 4 is 5.69 Å². The van der Waals surface area contributed by atoms with E-state index in [-0.39, 0.29) is 18.1 Å². The Balaban J connectivity index is 0.00000144. The van der Waals surface area contributed by atoms with Gasteiger partial charge in [0.05, 0.1) is 12.0 Å². The summed E-state index contributed by atoms with van der Waals surface area (Å²) < 4.78 is 3.82. The number of aryl methyl sites for hydroxylation is 1. The van der Waals surface area contributed by atoms with E-state index >= 15 is 0 Å². The molecular weight excluding hydrogens is 248 g/mol. The van der Waals surface area contributed by atoms with Crippen LogP contribution < -0.4 is 21.7 Å². The number of nitrogens with zero attached hydrogens (tertiary/aromatic N) is 4. The maximum absolute atomic E-state index is 11.5. The summed E-state index contributed by atoms with van der Waals surface area (Å²) in [5, 5.41) is 22.0. The van der Waals surface area contributed by atoms with Crippen LogP contribution in [0.1, 0.15) is 0 Å². The summed E-state index contributed by atoms with van der Waals surface area (Å²) in [4.78, 5) is 9.84. The van der Waals surface area contributed by atoms with Gasteiger partial charge in [-0.05, 0) is 0 Å². The Labute approximate surface area is 103 Å². The second-order valence-electron chi connectivity index (χ2n) is 3.31. The minimum atomic E-state index is -0.603. The highest BCUT2D eigenvalue weighted by Gasteiger charge is 2.14. The van der Waals surface area contributed by atoms with Crippen LogP contribution in [0.15, 0.2) is 37.1 Å². The molecule has 0 fully saturated rings. The predicted molar refractivity (Wildman–Crippen MR) is 52.6 cm³/mol. The molecule has 2 heterocycles. The van der Waals surface area contributed by atoms with Crippen molar-refractivity contribution in [2.45, 2.75) is 0 Å². The van der Waals surface area contributed by atoms with Gasteiger partial charge in [-0.15, -0.1) is 0 Å². The minimum Gasteiger partial charge on any atom is -1.00 e. The van der Waals surface area contributed by atoms with E-state index in [1.165, 1.54) is 12.1 Å². The van der Waals surface area contributed by atoms with Crippen molar-refractivity contribution in [3.05, 3.63) is 52.4 Å². The number of pyridine rings is 1. The Morgan fingerprint density at radius 3 is 2.59 bits per heavy atom. The molecule has 0 saturated carbocycles. The third-order valence-electron chi connectivity index (χ3n) is 2.12. The highest BCUT2D eigenvalue weighted by atomic mass is 35.5. The fourth-order valence-corrected chi connectivity index (χ4v) is 1.36. The molecule has 17 heavy (non-hydrogen) atoms. The Hall–Kier alpha value is -2.15. The first-order chi connectivity index (χ1) is 7.58. The van der Waals surface area contributed by atoms with Crippen LogP contribution in [0.5, 0.6) is 0 Å². The van der Waals surface area contributed by atoms with Crippen molar-refractivity contribution in [2.24, 2.45) is 7.05 Å². The van der Waals surface area contributed by atoms with Gasteiger partial charge in [0, 0.05) is 12.1 Å². The van der Waals surface area contributed by atoms with E-state index in [1.54, 1.807) is 27.9 Å². The van der Waals surface area contributed by atoms with Gasteiger partial charge < -0.3 is 17.6 Å². The molecule has 0 N–H and O–H groups in total. The zero-order valence-electron chi connectivity index (χ0n) is 8.86. The Kier molecular flexibility index (Phi) is 3.64. The van der Waals surface area contributed by atoms with Gasteiger partial charge in [0.25, 0.3) is 12.1 Å². The quantitative estimate of drug-likeness (QED) is 0.246. The third-order valence-corrected chi connectivity index (χ3v) is 2.12. The molecule has 0 amide bonds. The van der Waals surface area contributed by atoms with E-state index in [9.17, 15) is 15.3 Å².